The summed E-state index contributed by atoms with van der Waals surface area (Å²) in [5.74, 6) is -4.98. The second-order valence-electron chi connectivity index (χ2n) is 11.9. The van der Waals surface area contributed by atoms with Gasteiger partial charge in [0.2, 0.25) is 5.82 Å². The van der Waals surface area contributed by atoms with Gasteiger partial charge in [-0.1, -0.05) is 0 Å². The highest BCUT2D eigenvalue weighted by Crippen LogP contribution is 2.48. The lowest BCUT2D eigenvalue weighted by Crippen LogP contribution is -2.30. The molecule has 0 fully saturated rings. The normalized spacial score (nSPS) is 15.0. The van der Waals surface area contributed by atoms with E-state index in [1.807, 2.05) is 6.92 Å². The first-order valence-corrected chi connectivity index (χ1v) is 14.1. The number of carbonyl (C=O) groups is 2. The zero-order valence-corrected chi connectivity index (χ0v) is 25.0. The van der Waals surface area contributed by atoms with Crippen molar-refractivity contribution >= 4 is 17.6 Å². The van der Waals surface area contributed by atoms with Gasteiger partial charge in [-0.25, -0.2) is 13.6 Å². The Morgan fingerprint density at radius 1 is 1.02 bits per heavy atom. The van der Waals surface area contributed by atoms with Crippen molar-refractivity contribution in [2.75, 3.05) is 25.2 Å². The van der Waals surface area contributed by atoms with E-state index >= 15 is 4.39 Å². The number of fused-ring (bicyclic) bond motifs is 2. The topological polar surface area (TPSA) is 85.3 Å². The fourth-order valence-corrected chi connectivity index (χ4v) is 6.05. The van der Waals surface area contributed by atoms with Crippen LogP contribution in [-0.2, 0) is 22.4 Å². The molecule has 2 heterocycles. The third kappa shape index (κ3) is 5.44. The molecule has 10 heteroatoms. The van der Waals surface area contributed by atoms with Gasteiger partial charge < -0.3 is 24.2 Å². The van der Waals surface area contributed by atoms with Crippen LogP contribution in [0.1, 0.15) is 71.5 Å². The molecule has 1 N–H and O–H groups in total. The Labute approximate surface area is 248 Å². The summed E-state index contributed by atoms with van der Waals surface area (Å²) >= 11 is 0. The molecule has 0 bridgehead atoms. The first-order chi connectivity index (χ1) is 20.2. The summed E-state index contributed by atoms with van der Waals surface area (Å²) in [6.07, 6.45) is 0.218. The minimum absolute atomic E-state index is 0.112. The molecule has 2 aliphatic heterocycles. The van der Waals surface area contributed by atoms with E-state index in [1.54, 1.807) is 33.8 Å². The van der Waals surface area contributed by atoms with Crippen molar-refractivity contribution in [1.82, 2.24) is 0 Å². The van der Waals surface area contributed by atoms with Gasteiger partial charge in [-0.2, -0.15) is 4.39 Å². The Hall–Kier alpha value is -4.05. The molecule has 0 unspecified atom stereocenters. The van der Waals surface area contributed by atoms with Crippen molar-refractivity contribution in [1.29, 1.82) is 0 Å². The maximum Gasteiger partial charge on any atom is 0.337 e. The highest BCUT2D eigenvalue weighted by atomic mass is 19.2. The highest BCUT2D eigenvalue weighted by molar-refractivity contribution is 6.08. The van der Waals surface area contributed by atoms with Crippen LogP contribution in [0.25, 0.3) is 11.1 Å². The molecular weight excluding hydrogens is 563 g/mol. The number of methoxy groups -OCH3 is 1. The number of carbonyl (C=O) groups excluding carboxylic acids is 1. The molecule has 0 spiro atoms. The maximum atomic E-state index is 15.6. The van der Waals surface area contributed by atoms with Gasteiger partial charge in [-0.3, -0.25) is 4.79 Å². The van der Waals surface area contributed by atoms with E-state index in [4.69, 9.17) is 14.2 Å². The number of amides is 1. The average Bonchev–Trinajstić information content (AvgIpc) is 3.37. The molecule has 43 heavy (non-hydrogen) atoms. The van der Waals surface area contributed by atoms with Gasteiger partial charge in [-0.15, -0.1) is 0 Å². The lowest BCUT2D eigenvalue weighted by atomic mass is 9.83. The number of hydrogen-bond acceptors (Lipinski definition) is 5. The number of aliphatic carboxylic acids is 1. The van der Waals surface area contributed by atoms with Crippen molar-refractivity contribution in [3.63, 3.8) is 0 Å². The fourth-order valence-electron chi connectivity index (χ4n) is 6.05. The molecule has 0 aliphatic carbocycles. The summed E-state index contributed by atoms with van der Waals surface area (Å²) in [4.78, 5) is 27.9. The maximum absolute atomic E-state index is 15.6. The molecular formula is C33H34F3NO6. The summed E-state index contributed by atoms with van der Waals surface area (Å²) in [7, 11) is 1.18. The minimum atomic E-state index is -1.39. The lowest BCUT2D eigenvalue weighted by molar-refractivity contribution is -0.160. The monoisotopic (exact) mass is 597 g/mol. The lowest BCUT2D eigenvalue weighted by Gasteiger charge is -2.30. The van der Waals surface area contributed by atoms with E-state index in [9.17, 15) is 23.5 Å². The Kier molecular flexibility index (Phi) is 7.94. The van der Waals surface area contributed by atoms with E-state index in [0.29, 0.717) is 64.9 Å². The summed E-state index contributed by atoms with van der Waals surface area (Å²) < 4.78 is 60.7. The zero-order valence-electron chi connectivity index (χ0n) is 25.0. The van der Waals surface area contributed by atoms with Crippen LogP contribution in [0.15, 0.2) is 24.3 Å². The molecule has 3 aromatic rings. The Bertz CT molecular complexity index is 1650. The number of hydrogen-bond donors (Lipinski definition) is 1. The van der Waals surface area contributed by atoms with E-state index in [0.717, 1.165) is 17.7 Å². The fraction of sp³-hybridized carbons (Fsp3) is 0.394. The first-order valence-electron chi connectivity index (χ1n) is 14.1. The Morgan fingerprint density at radius 2 is 1.74 bits per heavy atom. The molecule has 0 aromatic heterocycles. The third-order valence-corrected chi connectivity index (χ3v) is 7.90. The number of benzene rings is 3. The van der Waals surface area contributed by atoms with Crippen molar-refractivity contribution in [2.24, 2.45) is 0 Å². The largest absolute Gasteiger partial charge is 0.494 e. The van der Waals surface area contributed by atoms with Crippen molar-refractivity contribution in [2.45, 2.75) is 65.6 Å². The molecule has 7 nitrogen and oxygen atoms in total. The number of carboxylic acid groups (broad SMARTS) is 1. The molecule has 3 aromatic carbocycles. The summed E-state index contributed by atoms with van der Waals surface area (Å²) in [6.45, 7) is 9.41. The number of anilines is 1. The number of halogens is 3. The zero-order chi connectivity index (χ0) is 31.4. The number of carboxylic acids is 1. The van der Waals surface area contributed by atoms with Crippen LogP contribution in [0.4, 0.5) is 18.9 Å². The van der Waals surface area contributed by atoms with Gasteiger partial charge in [-0.05, 0) is 106 Å². The quantitative estimate of drug-likeness (QED) is 0.334. The van der Waals surface area contributed by atoms with Gasteiger partial charge in [0.25, 0.3) is 5.91 Å². The Morgan fingerprint density at radius 3 is 2.40 bits per heavy atom. The number of aryl methyl sites for hydroxylation is 1. The number of ether oxygens (including phenoxy) is 3. The van der Waals surface area contributed by atoms with E-state index < -0.39 is 46.8 Å². The molecule has 1 atom stereocenters. The van der Waals surface area contributed by atoms with E-state index in [2.05, 4.69) is 0 Å². The molecule has 0 saturated heterocycles. The predicted molar refractivity (Wildman–Crippen MR) is 155 cm³/mol. The first kappa shape index (κ1) is 30.4. The van der Waals surface area contributed by atoms with Crippen LogP contribution >= 0.6 is 0 Å². The Balaban J connectivity index is 1.76. The van der Waals surface area contributed by atoms with Crippen LogP contribution in [0.5, 0.6) is 11.5 Å². The minimum Gasteiger partial charge on any atom is -0.494 e. The third-order valence-electron chi connectivity index (χ3n) is 7.90. The summed E-state index contributed by atoms with van der Waals surface area (Å²) in [5.41, 5.74) is 3.48. The van der Waals surface area contributed by atoms with E-state index in [-0.39, 0.29) is 17.9 Å². The number of rotatable bonds is 6. The standard InChI is InChI=1S/C33H34F3NO6/c1-16-12-24-20(9-10-37(24)31(38)18-13-22(34)28(36)25(14-18)41-6)27(26(16)30(32(39)40)43-33(3,4)5)21-15-23(35)29-19(17(21)2)8-7-11-42-29/h12-15,30H,7-11H2,1-6H3,(H,39,40)/t30-/m0/s1. The van der Waals surface area contributed by atoms with Gasteiger partial charge in [0.1, 0.15) is 0 Å². The van der Waals surface area contributed by atoms with E-state index in [1.165, 1.54) is 18.1 Å². The van der Waals surface area contributed by atoms with Crippen LogP contribution in [0.2, 0.25) is 0 Å². The average molecular weight is 598 g/mol. The molecule has 0 saturated carbocycles. The summed E-state index contributed by atoms with van der Waals surface area (Å²) in [5, 5.41) is 10.4. The van der Waals surface area contributed by atoms with Crippen LogP contribution in [0, 0.1) is 31.3 Å². The smallest absolute Gasteiger partial charge is 0.337 e. The molecule has 0 radical (unpaired) electrons. The number of nitrogens with zero attached hydrogens (tertiary/aromatic N) is 1. The van der Waals surface area contributed by atoms with Crippen LogP contribution in [-0.4, -0.2) is 42.8 Å². The van der Waals surface area contributed by atoms with Gasteiger partial charge >= 0.3 is 5.97 Å². The predicted octanol–water partition coefficient (Wildman–Crippen LogP) is 6.87. The highest BCUT2D eigenvalue weighted by Gasteiger charge is 2.37. The van der Waals surface area contributed by atoms with Gasteiger partial charge in [0.15, 0.2) is 29.2 Å². The van der Waals surface area contributed by atoms with Crippen LogP contribution < -0.4 is 14.4 Å². The van der Waals surface area contributed by atoms with Crippen LogP contribution in [0.3, 0.4) is 0 Å². The molecule has 228 valence electrons. The molecule has 1 amide bonds. The van der Waals surface area contributed by atoms with Crippen molar-refractivity contribution in [3.05, 3.63) is 75.1 Å². The summed E-state index contributed by atoms with van der Waals surface area (Å²) in [6, 6.07) is 5.02. The molecule has 5 rings (SSSR count). The molecule has 2 aliphatic rings. The van der Waals surface area contributed by atoms with Crippen molar-refractivity contribution < 1.29 is 42.1 Å². The van der Waals surface area contributed by atoms with Gasteiger partial charge in [0.05, 0.1) is 19.3 Å². The second-order valence-corrected chi connectivity index (χ2v) is 11.9. The second kappa shape index (κ2) is 11.2. The van der Waals surface area contributed by atoms with Crippen molar-refractivity contribution in [3.8, 4) is 22.6 Å². The SMILES string of the molecule is COc1cc(C(=O)N2CCc3c2cc(C)c([C@H](OC(C)(C)C)C(=O)O)c3-c2cc(F)c3c(c2C)CCCO3)cc(F)c1F. The van der Waals surface area contributed by atoms with Gasteiger partial charge in [0, 0.05) is 28.9 Å².